The van der Waals surface area contributed by atoms with Crippen LogP contribution in [0, 0.1) is 0 Å². The van der Waals surface area contributed by atoms with Crippen LogP contribution in [-0.2, 0) is 8.85 Å². The highest BCUT2D eigenvalue weighted by Gasteiger charge is 2.41. The van der Waals surface area contributed by atoms with Gasteiger partial charge < -0.3 is 8.85 Å². The summed E-state index contributed by atoms with van der Waals surface area (Å²) in [5, 5.41) is 0. The first kappa shape index (κ1) is 14.5. The molecule has 0 saturated heterocycles. The van der Waals surface area contributed by atoms with Crippen LogP contribution in [0.2, 0.25) is 13.1 Å². The molecule has 104 valence electrons. The molecule has 0 atom stereocenters. The minimum atomic E-state index is -2.11. The van der Waals surface area contributed by atoms with Crippen molar-refractivity contribution in [3.8, 4) is 0 Å². The average Bonchev–Trinajstić information content (AvgIpc) is 3.02. The minimum absolute atomic E-state index is 0.322. The molecule has 0 fully saturated rings. The van der Waals surface area contributed by atoms with E-state index < -0.39 is 8.56 Å². The predicted molar refractivity (Wildman–Crippen MR) is 82.3 cm³/mol. The number of hydrogen-bond donors (Lipinski definition) is 0. The van der Waals surface area contributed by atoms with E-state index in [0.717, 1.165) is 12.8 Å². The van der Waals surface area contributed by atoms with Gasteiger partial charge in [0.1, 0.15) is 0 Å². The second-order valence-corrected chi connectivity index (χ2v) is 8.91. The summed E-state index contributed by atoms with van der Waals surface area (Å²) in [6.07, 6.45) is 15.0. The fourth-order valence-corrected chi connectivity index (χ4v) is 4.81. The van der Waals surface area contributed by atoms with Crippen LogP contribution in [0.15, 0.2) is 47.6 Å². The molecule has 0 spiro atoms. The zero-order valence-electron chi connectivity index (χ0n) is 12.4. The Labute approximate surface area is 117 Å². The van der Waals surface area contributed by atoms with Gasteiger partial charge in [0.05, 0.1) is 5.60 Å². The fraction of sp³-hybridized carbons (Fsp3) is 0.500. The van der Waals surface area contributed by atoms with Gasteiger partial charge >= 0.3 is 8.56 Å². The molecule has 0 unspecified atom stereocenters. The Balaban J connectivity index is 2.24. The van der Waals surface area contributed by atoms with Gasteiger partial charge in [-0.2, -0.15) is 0 Å². The molecular formula is C16H24O2Si. The molecule has 0 aromatic rings. The lowest BCUT2D eigenvalue weighted by atomic mass is 9.86. The third-order valence-corrected chi connectivity index (χ3v) is 5.59. The van der Waals surface area contributed by atoms with Crippen LogP contribution in [0.25, 0.3) is 0 Å². The Morgan fingerprint density at radius 1 is 1.11 bits per heavy atom. The average molecular weight is 276 g/mol. The van der Waals surface area contributed by atoms with Gasteiger partial charge in [0.25, 0.3) is 0 Å². The van der Waals surface area contributed by atoms with Crippen LogP contribution in [0.5, 0.6) is 0 Å². The summed E-state index contributed by atoms with van der Waals surface area (Å²) in [4.78, 5) is 0. The summed E-state index contributed by atoms with van der Waals surface area (Å²) in [5.41, 5.74) is 2.35. The maximum atomic E-state index is 6.53. The maximum Gasteiger partial charge on any atom is 0.332 e. The van der Waals surface area contributed by atoms with E-state index >= 15 is 0 Å². The van der Waals surface area contributed by atoms with Crippen molar-refractivity contribution in [2.45, 2.75) is 45.4 Å². The summed E-state index contributed by atoms with van der Waals surface area (Å²) >= 11 is 0. The quantitative estimate of drug-likeness (QED) is 0.674. The van der Waals surface area contributed by atoms with Crippen LogP contribution in [-0.4, -0.2) is 20.8 Å². The Morgan fingerprint density at radius 3 is 2.00 bits per heavy atom. The molecule has 0 aromatic heterocycles. The van der Waals surface area contributed by atoms with Crippen LogP contribution >= 0.6 is 0 Å². The van der Waals surface area contributed by atoms with Crippen molar-refractivity contribution in [3.05, 3.63) is 47.6 Å². The van der Waals surface area contributed by atoms with Gasteiger partial charge in [-0.05, 0) is 50.9 Å². The van der Waals surface area contributed by atoms with Crippen molar-refractivity contribution < 1.29 is 8.85 Å². The van der Waals surface area contributed by atoms with Crippen LogP contribution in [0.4, 0.5) is 0 Å². The van der Waals surface area contributed by atoms with E-state index in [1.807, 2.05) is 6.92 Å². The topological polar surface area (TPSA) is 18.5 Å². The molecule has 3 heteroatoms. The second-order valence-electron chi connectivity index (χ2n) is 5.62. The monoisotopic (exact) mass is 276 g/mol. The van der Waals surface area contributed by atoms with Gasteiger partial charge in [0, 0.05) is 6.61 Å². The first-order chi connectivity index (χ1) is 8.98. The molecule has 19 heavy (non-hydrogen) atoms. The molecule has 0 N–H and O–H groups in total. The van der Waals surface area contributed by atoms with E-state index in [1.165, 1.54) is 11.1 Å². The van der Waals surface area contributed by atoms with Gasteiger partial charge in [-0.3, -0.25) is 0 Å². The van der Waals surface area contributed by atoms with Crippen molar-refractivity contribution in [3.63, 3.8) is 0 Å². The van der Waals surface area contributed by atoms with E-state index in [2.05, 4.69) is 56.5 Å². The zero-order chi connectivity index (χ0) is 13.9. The fourth-order valence-electron chi connectivity index (χ4n) is 2.81. The zero-order valence-corrected chi connectivity index (χ0v) is 13.4. The smallest absolute Gasteiger partial charge is 0.332 e. The normalized spacial score (nSPS) is 18.9. The van der Waals surface area contributed by atoms with Gasteiger partial charge in [-0.1, -0.05) is 36.5 Å². The standard InChI is InChI=1S/C16H24O2Si/c1-5-17-19(3,4)18-16(2,14-10-6-7-11-14)15-12-8-9-13-15/h6-10,12H,5,11,13H2,1-4H3. The van der Waals surface area contributed by atoms with Crippen LogP contribution in [0.3, 0.4) is 0 Å². The largest absolute Gasteiger partial charge is 0.395 e. The first-order valence-corrected chi connectivity index (χ1v) is 9.86. The van der Waals surface area contributed by atoms with Crippen molar-refractivity contribution in [2.24, 2.45) is 0 Å². The van der Waals surface area contributed by atoms with E-state index in [9.17, 15) is 0 Å². The summed E-state index contributed by atoms with van der Waals surface area (Å²) in [6, 6.07) is 0. The molecule has 0 aromatic carbocycles. The lowest BCUT2D eigenvalue weighted by Gasteiger charge is -2.39. The molecular weight excluding hydrogens is 252 g/mol. The van der Waals surface area contributed by atoms with E-state index in [4.69, 9.17) is 8.85 Å². The lowest BCUT2D eigenvalue weighted by molar-refractivity contribution is 0.0955. The van der Waals surface area contributed by atoms with Gasteiger partial charge in [-0.15, -0.1) is 0 Å². The van der Waals surface area contributed by atoms with E-state index in [-0.39, 0.29) is 5.60 Å². The van der Waals surface area contributed by atoms with Gasteiger partial charge in [-0.25, -0.2) is 0 Å². The molecule has 2 rings (SSSR count). The Bertz CT molecular complexity index is 425. The summed E-state index contributed by atoms with van der Waals surface area (Å²) < 4.78 is 12.4. The van der Waals surface area contributed by atoms with Crippen molar-refractivity contribution in [1.82, 2.24) is 0 Å². The van der Waals surface area contributed by atoms with Crippen LogP contribution in [0.1, 0.15) is 26.7 Å². The van der Waals surface area contributed by atoms with Crippen LogP contribution < -0.4 is 0 Å². The minimum Gasteiger partial charge on any atom is -0.395 e. The van der Waals surface area contributed by atoms with Gasteiger partial charge in [0.15, 0.2) is 0 Å². The molecule has 2 aliphatic rings. The molecule has 0 aliphatic heterocycles. The van der Waals surface area contributed by atoms with Crippen molar-refractivity contribution in [1.29, 1.82) is 0 Å². The maximum absolute atomic E-state index is 6.53. The second kappa shape index (κ2) is 5.61. The molecule has 0 radical (unpaired) electrons. The molecule has 2 aliphatic carbocycles. The predicted octanol–water partition coefficient (Wildman–Crippen LogP) is 4.27. The highest BCUT2D eigenvalue weighted by atomic mass is 28.4. The first-order valence-electron chi connectivity index (χ1n) is 7.04. The van der Waals surface area contributed by atoms with E-state index in [0.29, 0.717) is 6.61 Å². The molecule has 2 nitrogen and oxygen atoms in total. The number of rotatable bonds is 6. The lowest BCUT2D eigenvalue weighted by Crippen LogP contribution is -2.47. The Kier molecular flexibility index (Phi) is 4.28. The molecule has 0 heterocycles. The molecule has 0 saturated carbocycles. The number of allylic oxidation sites excluding steroid dienone is 6. The SMILES string of the molecule is CCO[Si](C)(C)OC(C)(C1=CC=CC1)C1=CC=CC1. The Morgan fingerprint density at radius 2 is 1.63 bits per heavy atom. The summed E-state index contributed by atoms with van der Waals surface area (Å²) in [6.45, 7) is 9.19. The molecule has 0 amide bonds. The van der Waals surface area contributed by atoms with Gasteiger partial charge in [0.2, 0.25) is 0 Å². The van der Waals surface area contributed by atoms with E-state index in [1.54, 1.807) is 0 Å². The summed E-state index contributed by atoms with van der Waals surface area (Å²) in [5.74, 6) is 0. The highest BCUT2D eigenvalue weighted by molar-refractivity contribution is 6.64. The van der Waals surface area contributed by atoms with Crippen molar-refractivity contribution >= 4 is 8.56 Å². The van der Waals surface area contributed by atoms with Crippen molar-refractivity contribution in [2.75, 3.05) is 6.61 Å². The number of hydrogen-bond acceptors (Lipinski definition) is 2. The molecule has 0 bridgehead atoms. The summed E-state index contributed by atoms with van der Waals surface area (Å²) in [7, 11) is -2.11. The Hall–Kier alpha value is -0.903. The highest BCUT2D eigenvalue weighted by Crippen LogP contribution is 2.40. The third kappa shape index (κ3) is 3.16. The third-order valence-electron chi connectivity index (χ3n) is 3.71.